The van der Waals surface area contributed by atoms with Crippen molar-refractivity contribution in [3.8, 4) is 0 Å². The highest BCUT2D eigenvalue weighted by atomic mass is 15.3. The molecule has 1 unspecified atom stereocenters. The van der Waals surface area contributed by atoms with Gasteiger partial charge in [-0.05, 0) is 36.6 Å². The molecule has 2 aromatic rings. The molecule has 0 aliphatic rings. The lowest BCUT2D eigenvalue weighted by Crippen LogP contribution is -2.23. The minimum Gasteiger partial charge on any atom is -0.310 e. The molecule has 0 bridgehead atoms. The second-order valence-electron chi connectivity index (χ2n) is 6.04. The molecule has 0 spiro atoms. The molecule has 1 aromatic carbocycles. The number of hydrogen-bond acceptors (Lipinski definition) is 2. The SMILES string of the molecule is CCNC(Cc1cc(C)nn1C)c1ccc(C(C)C)cc1. The Morgan fingerprint density at radius 3 is 2.24 bits per heavy atom. The topological polar surface area (TPSA) is 29.9 Å². The van der Waals surface area contributed by atoms with Gasteiger partial charge in [0.2, 0.25) is 0 Å². The number of aromatic nitrogens is 2. The third kappa shape index (κ3) is 3.94. The van der Waals surface area contributed by atoms with E-state index in [9.17, 15) is 0 Å². The summed E-state index contributed by atoms with van der Waals surface area (Å²) in [7, 11) is 2.02. The lowest BCUT2D eigenvalue weighted by Gasteiger charge is -2.19. The van der Waals surface area contributed by atoms with Gasteiger partial charge in [0.1, 0.15) is 0 Å². The highest BCUT2D eigenvalue weighted by Gasteiger charge is 2.14. The van der Waals surface area contributed by atoms with Crippen molar-refractivity contribution in [2.24, 2.45) is 7.05 Å². The Kier molecular flexibility index (Phi) is 5.18. The van der Waals surface area contributed by atoms with Crippen LogP contribution in [0, 0.1) is 6.92 Å². The van der Waals surface area contributed by atoms with E-state index in [2.05, 4.69) is 61.5 Å². The lowest BCUT2D eigenvalue weighted by molar-refractivity contribution is 0.528. The van der Waals surface area contributed by atoms with Crippen LogP contribution in [-0.4, -0.2) is 16.3 Å². The zero-order chi connectivity index (χ0) is 15.4. The summed E-state index contributed by atoms with van der Waals surface area (Å²) in [5.41, 5.74) is 5.09. The van der Waals surface area contributed by atoms with Crippen LogP contribution in [0.25, 0.3) is 0 Å². The Morgan fingerprint density at radius 2 is 1.76 bits per heavy atom. The molecule has 0 saturated heterocycles. The van der Waals surface area contributed by atoms with Gasteiger partial charge in [0, 0.05) is 25.2 Å². The molecule has 21 heavy (non-hydrogen) atoms. The first-order valence-corrected chi connectivity index (χ1v) is 7.84. The van der Waals surface area contributed by atoms with E-state index in [1.54, 1.807) is 0 Å². The van der Waals surface area contributed by atoms with Crippen LogP contribution in [0.3, 0.4) is 0 Å². The zero-order valence-corrected chi connectivity index (χ0v) is 13.9. The minimum atomic E-state index is 0.339. The van der Waals surface area contributed by atoms with E-state index in [0.29, 0.717) is 12.0 Å². The highest BCUT2D eigenvalue weighted by molar-refractivity contribution is 5.28. The number of rotatable bonds is 6. The van der Waals surface area contributed by atoms with E-state index in [0.717, 1.165) is 18.7 Å². The molecule has 1 atom stereocenters. The molecule has 0 aliphatic heterocycles. The molecule has 1 heterocycles. The molecule has 3 heteroatoms. The largest absolute Gasteiger partial charge is 0.310 e. The Balaban J connectivity index is 2.20. The maximum atomic E-state index is 4.44. The number of aryl methyl sites for hydroxylation is 2. The Labute approximate surface area is 128 Å². The van der Waals surface area contributed by atoms with Gasteiger partial charge in [-0.2, -0.15) is 5.10 Å². The Bertz CT molecular complexity index is 567. The maximum absolute atomic E-state index is 4.44. The second kappa shape index (κ2) is 6.90. The second-order valence-corrected chi connectivity index (χ2v) is 6.04. The molecule has 3 nitrogen and oxygen atoms in total. The van der Waals surface area contributed by atoms with Crippen molar-refractivity contribution in [2.45, 2.75) is 46.1 Å². The van der Waals surface area contributed by atoms with Crippen LogP contribution in [0.1, 0.15) is 55.2 Å². The average molecular weight is 285 g/mol. The molecule has 1 aromatic heterocycles. The maximum Gasteiger partial charge on any atom is 0.0596 e. The van der Waals surface area contributed by atoms with Crippen LogP contribution in [-0.2, 0) is 13.5 Å². The number of hydrogen-bond donors (Lipinski definition) is 1. The summed E-state index contributed by atoms with van der Waals surface area (Å²) in [5.74, 6) is 0.580. The van der Waals surface area contributed by atoms with Crippen molar-refractivity contribution in [3.63, 3.8) is 0 Å². The molecule has 0 fully saturated rings. The van der Waals surface area contributed by atoms with Gasteiger partial charge in [0.05, 0.1) is 5.69 Å². The molecule has 0 amide bonds. The first kappa shape index (κ1) is 15.8. The average Bonchev–Trinajstić information content (AvgIpc) is 2.76. The van der Waals surface area contributed by atoms with Crippen molar-refractivity contribution in [1.29, 1.82) is 0 Å². The highest BCUT2D eigenvalue weighted by Crippen LogP contribution is 2.22. The summed E-state index contributed by atoms with van der Waals surface area (Å²) in [6.07, 6.45) is 0.964. The third-order valence-electron chi connectivity index (χ3n) is 3.97. The monoisotopic (exact) mass is 285 g/mol. The van der Waals surface area contributed by atoms with Crippen molar-refractivity contribution in [3.05, 3.63) is 52.8 Å². The first-order chi connectivity index (χ1) is 10.0. The number of likely N-dealkylation sites (N-methyl/N-ethyl adjacent to an activating group) is 1. The summed E-state index contributed by atoms with van der Waals surface area (Å²) in [4.78, 5) is 0. The quantitative estimate of drug-likeness (QED) is 0.876. The Hall–Kier alpha value is -1.61. The predicted octanol–water partition coefficient (Wildman–Crippen LogP) is 3.75. The van der Waals surface area contributed by atoms with E-state index in [-0.39, 0.29) is 0 Å². The van der Waals surface area contributed by atoms with E-state index >= 15 is 0 Å². The lowest BCUT2D eigenvalue weighted by atomic mass is 9.97. The van der Waals surface area contributed by atoms with Crippen molar-refractivity contribution in [2.75, 3.05) is 6.54 Å². The molecular weight excluding hydrogens is 258 g/mol. The predicted molar refractivity (Wildman–Crippen MR) is 88.6 cm³/mol. The normalized spacial score (nSPS) is 12.9. The van der Waals surface area contributed by atoms with Crippen LogP contribution in [0.4, 0.5) is 0 Å². The van der Waals surface area contributed by atoms with E-state index < -0.39 is 0 Å². The van der Waals surface area contributed by atoms with E-state index in [1.165, 1.54) is 16.8 Å². The van der Waals surface area contributed by atoms with Crippen LogP contribution in [0.15, 0.2) is 30.3 Å². The van der Waals surface area contributed by atoms with E-state index in [1.807, 2.05) is 18.7 Å². The van der Waals surface area contributed by atoms with Crippen molar-refractivity contribution < 1.29 is 0 Å². The molecule has 0 radical (unpaired) electrons. The molecule has 0 aliphatic carbocycles. The van der Waals surface area contributed by atoms with Gasteiger partial charge in [0.15, 0.2) is 0 Å². The van der Waals surface area contributed by atoms with Gasteiger partial charge in [-0.3, -0.25) is 4.68 Å². The minimum absolute atomic E-state index is 0.339. The van der Waals surface area contributed by atoms with Crippen LogP contribution < -0.4 is 5.32 Å². The van der Waals surface area contributed by atoms with Gasteiger partial charge in [-0.1, -0.05) is 45.0 Å². The molecular formula is C18H27N3. The summed E-state index contributed by atoms with van der Waals surface area (Å²) in [6, 6.07) is 11.5. The zero-order valence-electron chi connectivity index (χ0n) is 13.9. The fourth-order valence-corrected chi connectivity index (χ4v) is 2.73. The summed E-state index contributed by atoms with van der Waals surface area (Å²) < 4.78 is 1.99. The molecule has 1 N–H and O–H groups in total. The smallest absolute Gasteiger partial charge is 0.0596 e. The van der Waals surface area contributed by atoms with Gasteiger partial charge in [-0.15, -0.1) is 0 Å². The standard InChI is InChI=1S/C18H27N3/c1-6-19-18(12-17-11-14(4)20-21(17)5)16-9-7-15(8-10-16)13(2)3/h7-11,13,18-19H,6,12H2,1-5H3. The van der Waals surface area contributed by atoms with Gasteiger partial charge < -0.3 is 5.32 Å². The molecule has 2 rings (SSSR count). The molecule has 114 valence electrons. The van der Waals surface area contributed by atoms with Gasteiger partial charge in [0.25, 0.3) is 0 Å². The van der Waals surface area contributed by atoms with Crippen LogP contribution in [0.5, 0.6) is 0 Å². The third-order valence-corrected chi connectivity index (χ3v) is 3.97. The fraction of sp³-hybridized carbons (Fsp3) is 0.500. The summed E-state index contributed by atoms with van der Waals surface area (Å²) in [5, 5.41) is 8.04. The number of benzene rings is 1. The van der Waals surface area contributed by atoms with Crippen LogP contribution >= 0.6 is 0 Å². The summed E-state index contributed by atoms with van der Waals surface area (Å²) >= 11 is 0. The van der Waals surface area contributed by atoms with Crippen molar-refractivity contribution in [1.82, 2.24) is 15.1 Å². The van der Waals surface area contributed by atoms with Gasteiger partial charge in [-0.25, -0.2) is 0 Å². The summed E-state index contributed by atoms with van der Waals surface area (Å²) in [6.45, 7) is 9.63. The Morgan fingerprint density at radius 1 is 1.14 bits per heavy atom. The van der Waals surface area contributed by atoms with Gasteiger partial charge >= 0.3 is 0 Å². The van der Waals surface area contributed by atoms with Crippen molar-refractivity contribution >= 4 is 0 Å². The molecule has 0 saturated carbocycles. The fourth-order valence-electron chi connectivity index (χ4n) is 2.73. The number of nitrogens with zero attached hydrogens (tertiary/aromatic N) is 2. The van der Waals surface area contributed by atoms with Crippen LogP contribution in [0.2, 0.25) is 0 Å². The van der Waals surface area contributed by atoms with E-state index in [4.69, 9.17) is 0 Å². The number of nitrogens with one attached hydrogen (secondary N) is 1. The first-order valence-electron chi connectivity index (χ1n) is 7.84.